The summed E-state index contributed by atoms with van der Waals surface area (Å²) >= 11 is 0. The molecule has 13 heavy (non-hydrogen) atoms. The Hall–Kier alpha value is 0.177. The summed E-state index contributed by atoms with van der Waals surface area (Å²) in [5.74, 6) is 0. The second kappa shape index (κ2) is 5.16. The summed E-state index contributed by atoms with van der Waals surface area (Å²) in [6.07, 6.45) is 8.64. The predicted molar refractivity (Wildman–Crippen MR) is 60.6 cm³/mol. The molecule has 0 N–H and O–H groups in total. The number of rotatable bonds is 3. The van der Waals surface area contributed by atoms with Crippen molar-refractivity contribution in [2.45, 2.75) is 64.1 Å². The normalized spacial score (nSPS) is 21.5. The molecule has 1 saturated carbocycles. The molecule has 0 unspecified atom stereocenters. The van der Waals surface area contributed by atoms with E-state index in [1.54, 1.807) is 0 Å². The van der Waals surface area contributed by atoms with E-state index in [9.17, 15) is 0 Å². The summed E-state index contributed by atoms with van der Waals surface area (Å²) < 4.78 is 5.96. The lowest BCUT2D eigenvalue weighted by molar-refractivity contribution is 0.314. The lowest BCUT2D eigenvalue weighted by Crippen LogP contribution is -2.36. The van der Waals surface area contributed by atoms with Crippen LogP contribution >= 0.6 is 0 Å². The Balaban J connectivity index is 2.46. The Morgan fingerprint density at radius 3 is 2.08 bits per heavy atom. The van der Waals surface area contributed by atoms with Gasteiger partial charge in [-0.05, 0) is 25.6 Å². The molecule has 0 spiro atoms. The zero-order valence-electron chi connectivity index (χ0n) is 9.44. The first-order valence-corrected chi connectivity index (χ1v) is 8.79. The van der Waals surface area contributed by atoms with Crippen molar-refractivity contribution in [3.63, 3.8) is 0 Å². The second-order valence-corrected chi connectivity index (χ2v) is 9.04. The maximum atomic E-state index is 5.96. The van der Waals surface area contributed by atoms with Gasteiger partial charge in [0.2, 0.25) is 0 Å². The lowest BCUT2D eigenvalue weighted by atomic mass is 10.2. The van der Waals surface area contributed by atoms with E-state index in [0.29, 0.717) is 0 Å². The van der Waals surface area contributed by atoms with Gasteiger partial charge in [0.1, 0.15) is 0 Å². The van der Waals surface area contributed by atoms with Crippen molar-refractivity contribution in [3.8, 4) is 0 Å². The van der Waals surface area contributed by atoms with Gasteiger partial charge in [0.25, 0.3) is 0 Å². The first-order chi connectivity index (χ1) is 6.17. The van der Waals surface area contributed by atoms with Crippen molar-refractivity contribution in [1.29, 1.82) is 0 Å². The van der Waals surface area contributed by atoms with Crippen LogP contribution in [0, 0.1) is 0 Å². The molecule has 1 rings (SSSR count). The average molecular weight is 200 g/mol. The summed E-state index contributed by atoms with van der Waals surface area (Å²) in [5.41, 5.74) is 0.926. The van der Waals surface area contributed by atoms with E-state index in [4.69, 9.17) is 4.43 Å². The zero-order valence-corrected chi connectivity index (χ0v) is 10.4. The molecule has 1 aliphatic carbocycles. The van der Waals surface area contributed by atoms with Crippen LogP contribution in [-0.4, -0.2) is 14.9 Å². The molecule has 0 radical (unpaired) electrons. The minimum atomic E-state index is -1.33. The van der Waals surface area contributed by atoms with E-state index in [1.165, 1.54) is 38.5 Å². The van der Waals surface area contributed by atoms with E-state index in [0.717, 1.165) is 12.1 Å². The van der Waals surface area contributed by atoms with Gasteiger partial charge in [0.15, 0.2) is 8.32 Å². The SMILES string of the molecule is CCO[Si](C)(C)C1CCCCCC1. The van der Waals surface area contributed by atoms with E-state index < -0.39 is 8.32 Å². The van der Waals surface area contributed by atoms with Gasteiger partial charge in [-0.1, -0.05) is 38.5 Å². The Morgan fingerprint density at radius 1 is 1.08 bits per heavy atom. The highest BCUT2D eigenvalue weighted by Crippen LogP contribution is 2.36. The van der Waals surface area contributed by atoms with Gasteiger partial charge < -0.3 is 4.43 Å². The van der Waals surface area contributed by atoms with Crippen LogP contribution in [0.15, 0.2) is 0 Å². The quantitative estimate of drug-likeness (QED) is 0.495. The fourth-order valence-electron chi connectivity index (χ4n) is 2.46. The van der Waals surface area contributed by atoms with Gasteiger partial charge in [0, 0.05) is 6.61 Å². The molecule has 78 valence electrons. The lowest BCUT2D eigenvalue weighted by Gasteiger charge is -2.31. The first-order valence-electron chi connectivity index (χ1n) is 5.81. The van der Waals surface area contributed by atoms with Crippen molar-refractivity contribution >= 4 is 8.32 Å². The highest BCUT2D eigenvalue weighted by atomic mass is 28.4. The van der Waals surface area contributed by atoms with Crippen molar-refractivity contribution in [1.82, 2.24) is 0 Å². The third-order valence-electron chi connectivity index (χ3n) is 3.35. The summed E-state index contributed by atoms with van der Waals surface area (Å²) in [6.45, 7) is 7.83. The molecule has 0 aromatic heterocycles. The zero-order chi connectivity index (χ0) is 9.73. The molecule has 1 fully saturated rings. The van der Waals surface area contributed by atoms with Crippen molar-refractivity contribution < 1.29 is 4.43 Å². The minimum absolute atomic E-state index is 0.912. The van der Waals surface area contributed by atoms with Crippen molar-refractivity contribution in [3.05, 3.63) is 0 Å². The highest BCUT2D eigenvalue weighted by molar-refractivity contribution is 6.72. The molecule has 0 aliphatic heterocycles. The van der Waals surface area contributed by atoms with Gasteiger partial charge in [-0.15, -0.1) is 0 Å². The van der Waals surface area contributed by atoms with Crippen LogP contribution in [0.5, 0.6) is 0 Å². The number of hydrogen-bond acceptors (Lipinski definition) is 1. The molecule has 0 heterocycles. The van der Waals surface area contributed by atoms with Crippen LogP contribution in [0.1, 0.15) is 45.4 Å². The topological polar surface area (TPSA) is 9.23 Å². The Bertz CT molecular complexity index is 137. The third kappa shape index (κ3) is 3.43. The molecule has 0 saturated heterocycles. The molecule has 0 aromatic carbocycles. The summed E-state index contributed by atoms with van der Waals surface area (Å²) in [7, 11) is -1.33. The maximum absolute atomic E-state index is 5.96. The smallest absolute Gasteiger partial charge is 0.189 e. The van der Waals surface area contributed by atoms with Gasteiger partial charge in [-0.3, -0.25) is 0 Å². The molecule has 0 amide bonds. The summed E-state index contributed by atoms with van der Waals surface area (Å²) in [5, 5.41) is 0. The van der Waals surface area contributed by atoms with E-state index in [1.807, 2.05) is 0 Å². The highest BCUT2D eigenvalue weighted by Gasteiger charge is 2.33. The molecule has 0 atom stereocenters. The standard InChI is InChI=1S/C11H24OSi/c1-4-12-13(2,3)11-9-7-5-6-8-10-11/h11H,4-10H2,1-3H3. The molecule has 0 bridgehead atoms. The van der Waals surface area contributed by atoms with E-state index >= 15 is 0 Å². The van der Waals surface area contributed by atoms with Crippen LogP contribution in [-0.2, 0) is 4.43 Å². The average Bonchev–Trinajstić information content (AvgIpc) is 2.31. The van der Waals surface area contributed by atoms with Crippen LogP contribution in [0.4, 0.5) is 0 Å². The molecular formula is C11H24OSi. The fourth-order valence-corrected chi connectivity index (χ4v) is 5.24. The van der Waals surface area contributed by atoms with Crippen LogP contribution < -0.4 is 0 Å². The van der Waals surface area contributed by atoms with E-state index in [2.05, 4.69) is 20.0 Å². The van der Waals surface area contributed by atoms with Crippen LogP contribution in [0.3, 0.4) is 0 Å². The fraction of sp³-hybridized carbons (Fsp3) is 1.00. The molecular weight excluding hydrogens is 176 g/mol. The molecule has 1 nitrogen and oxygen atoms in total. The Morgan fingerprint density at radius 2 is 1.62 bits per heavy atom. The second-order valence-electron chi connectivity index (χ2n) is 4.72. The van der Waals surface area contributed by atoms with Crippen LogP contribution in [0.25, 0.3) is 0 Å². The first kappa shape index (κ1) is 11.3. The van der Waals surface area contributed by atoms with Gasteiger partial charge in [-0.2, -0.15) is 0 Å². The van der Waals surface area contributed by atoms with Crippen molar-refractivity contribution in [2.24, 2.45) is 0 Å². The maximum Gasteiger partial charge on any atom is 0.189 e. The largest absolute Gasteiger partial charge is 0.417 e. The van der Waals surface area contributed by atoms with Gasteiger partial charge in [-0.25, -0.2) is 0 Å². The van der Waals surface area contributed by atoms with Gasteiger partial charge >= 0.3 is 0 Å². The van der Waals surface area contributed by atoms with E-state index in [-0.39, 0.29) is 0 Å². The van der Waals surface area contributed by atoms with Gasteiger partial charge in [0.05, 0.1) is 0 Å². The molecule has 2 heteroatoms. The number of hydrogen-bond donors (Lipinski definition) is 0. The molecule has 1 aliphatic rings. The van der Waals surface area contributed by atoms with Crippen LogP contribution in [0.2, 0.25) is 18.6 Å². The van der Waals surface area contributed by atoms with Crippen molar-refractivity contribution in [2.75, 3.05) is 6.61 Å². The summed E-state index contributed by atoms with van der Waals surface area (Å²) in [6, 6.07) is 0. The monoisotopic (exact) mass is 200 g/mol. The molecule has 0 aromatic rings. The Kier molecular flexibility index (Phi) is 4.46. The minimum Gasteiger partial charge on any atom is -0.417 e. The third-order valence-corrected chi connectivity index (χ3v) is 6.93. The Labute approximate surface area is 84.0 Å². The predicted octanol–water partition coefficient (Wildman–Crippen LogP) is 3.95. The summed E-state index contributed by atoms with van der Waals surface area (Å²) in [4.78, 5) is 0.